The minimum atomic E-state index is -0.642. The second-order valence-electron chi connectivity index (χ2n) is 10.5. The highest BCUT2D eigenvalue weighted by Gasteiger charge is 2.45. The van der Waals surface area contributed by atoms with Crippen molar-refractivity contribution in [3.63, 3.8) is 0 Å². The van der Waals surface area contributed by atoms with Crippen LogP contribution in [0.3, 0.4) is 0 Å². The number of rotatable bonds is 6. The van der Waals surface area contributed by atoms with Crippen LogP contribution in [-0.2, 0) is 14.3 Å². The lowest BCUT2D eigenvalue weighted by Crippen LogP contribution is -2.55. The monoisotopic (exact) mass is 481 g/mol. The molecular weight excluding hydrogens is 446 g/mol. The number of nitrogens with one attached hydrogen (secondary N) is 2. The maximum absolute atomic E-state index is 13.3. The van der Waals surface area contributed by atoms with Crippen LogP contribution in [0, 0.1) is 5.92 Å². The summed E-state index contributed by atoms with van der Waals surface area (Å²) in [4.78, 5) is 40.5. The van der Waals surface area contributed by atoms with E-state index in [4.69, 9.17) is 9.15 Å². The van der Waals surface area contributed by atoms with Gasteiger partial charge < -0.3 is 24.7 Å². The zero-order valence-electron chi connectivity index (χ0n) is 20.9. The van der Waals surface area contributed by atoms with Gasteiger partial charge in [-0.1, -0.05) is 30.3 Å². The number of nitrogens with zero attached hydrogens (tertiary/aromatic N) is 1. The van der Waals surface area contributed by atoms with E-state index in [1.165, 1.54) is 7.11 Å². The number of furan rings is 1. The molecule has 8 nitrogen and oxygen atoms in total. The highest BCUT2D eigenvalue weighted by molar-refractivity contribution is 5.96. The van der Waals surface area contributed by atoms with Crippen LogP contribution in [0.2, 0.25) is 0 Å². The summed E-state index contributed by atoms with van der Waals surface area (Å²) in [6.45, 7) is 6.80. The number of amides is 2. The van der Waals surface area contributed by atoms with Crippen LogP contribution in [0.1, 0.15) is 57.0 Å². The third-order valence-corrected chi connectivity index (χ3v) is 6.79. The smallest absolute Gasteiger partial charge is 0.310 e. The fraction of sp³-hybridized carbons (Fsp3) is 0.519. The number of methoxy groups -OCH3 is 1. The Hall–Kier alpha value is -3.13. The Morgan fingerprint density at radius 3 is 2.49 bits per heavy atom. The quantitative estimate of drug-likeness (QED) is 0.614. The fourth-order valence-corrected chi connectivity index (χ4v) is 5.29. The third kappa shape index (κ3) is 5.75. The van der Waals surface area contributed by atoms with Crippen LogP contribution >= 0.6 is 0 Å². The molecule has 1 saturated heterocycles. The van der Waals surface area contributed by atoms with Crippen LogP contribution < -0.4 is 10.6 Å². The Balaban J connectivity index is 1.41. The molecule has 4 atom stereocenters. The molecular formula is C27H35N3O5. The first kappa shape index (κ1) is 25.0. The lowest BCUT2D eigenvalue weighted by atomic mass is 9.80. The Labute approximate surface area is 206 Å². The zero-order chi connectivity index (χ0) is 25.2. The molecule has 1 aromatic carbocycles. The van der Waals surface area contributed by atoms with Crippen molar-refractivity contribution < 1.29 is 23.5 Å². The SMILES string of the molecule is COC(=O)[C@@H]1C[C@H](NC(C)(C)C)CC[C@@H]1N1CC[C@H](NC(=O)c2ccc(-c3ccccc3)o2)C1=O. The van der Waals surface area contributed by atoms with Crippen molar-refractivity contribution in [3.8, 4) is 11.3 Å². The molecule has 4 rings (SSSR count). The lowest BCUT2D eigenvalue weighted by molar-refractivity contribution is -0.151. The molecule has 1 saturated carbocycles. The number of hydrogen-bond donors (Lipinski definition) is 2. The predicted octanol–water partition coefficient (Wildman–Crippen LogP) is 3.38. The van der Waals surface area contributed by atoms with Gasteiger partial charge in [-0.2, -0.15) is 0 Å². The minimum Gasteiger partial charge on any atom is -0.469 e. The van der Waals surface area contributed by atoms with Crippen LogP contribution in [0.4, 0.5) is 0 Å². The first-order valence-electron chi connectivity index (χ1n) is 12.3. The van der Waals surface area contributed by atoms with Crippen molar-refractivity contribution in [2.24, 2.45) is 5.92 Å². The second kappa shape index (κ2) is 10.2. The van der Waals surface area contributed by atoms with Gasteiger partial charge in [0.15, 0.2) is 5.76 Å². The molecule has 2 heterocycles. The molecule has 1 aromatic heterocycles. The van der Waals surface area contributed by atoms with Gasteiger partial charge in [-0.05, 0) is 58.6 Å². The largest absolute Gasteiger partial charge is 0.469 e. The molecule has 0 radical (unpaired) electrons. The molecule has 0 unspecified atom stereocenters. The average Bonchev–Trinajstić information content (AvgIpc) is 3.46. The van der Waals surface area contributed by atoms with Gasteiger partial charge in [0.1, 0.15) is 11.8 Å². The van der Waals surface area contributed by atoms with Crippen LogP contribution in [0.5, 0.6) is 0 Å². The number of ether oxygens (including phenoxy) is 1. The van der Waals surface area contributed by atoms with Crippen molar-refractivity contribution in [3.05, 3.63) is 48.2 Å². The first-order chi connectivity index (χ1) is 16.7. The lowest BCUT2D eigenvalue weighted by Gasteiger charge is -2.41. The maximum atomic E-state index is 13.3. The number of hydrogen-bond acceptors (Lipinski definition) is 6. The van der Waals surface area contributed by atoms with Gasteiger partial charge in [-0.15, -0.1) is 0 Å². The van der Waals surface area contributed by atoms with Gasteiger partial charge in [-0.3, -0.25) is 14.4 Å². The normalized spacial score (nSPS) is 24.9. The molecule has 188 valence electrons. The molecule has 2 amide bonds. The molecule has 0 spiro atoms. The third-order valence-electron chi connectivity index (χ3n) is 6.79. The number of likely N-dealkylation sites (tertiary alicyclic amines) is 1. The van der Waals surface area contributed by atoms with Gasteiger partial charge in [0.2, 0.25) is 5.91 Å². The summed E-state index contributed by atoms with van der Waals surface area (Å²) in [5.41, 5.74) is 0.809. The molecule has 1 aliphatic heterocycles. The fourth-order valence-electron chi connectivity index (χ4n) is 5.29. The molecule has 0 bridgehead atoms. The summed E-state index contributed by atoms with van der Waals surface area (Å²) in [5, 5.41) is 6.40. The van der Waals surface area contributed by atoms with E-state index in [1.807, 2.05) is 30.3 Å². The number of carbonyl (C=O) groups excluding carboxylic acids is 3. The van der Waals surface area contributed by atoms with Crippen molar-refractivity contribution in [1.82, 2.24) is 15.5 Å². The molecule has 2 aromatic rings. The van der Waals surface area contributed by atoms with Crippen LogP contribution in [-0.4, -0.2) is 60.0 Å². The molecule has 1 aliphatic carbocycles. The van der Waals surface area contributed by atoms with E-state index >= 15 is 0 Å². The summed E-state index contributed by atoms with van der Waals surface area (Å²) in [6, 6.07) is 12.2. The van der Waals surface area contributed by atoms with Crippen molar-refractivity contribution in [2.45, 2.75) is 70.1 Å². The summed E-state index contributed by atoms with van der Waals surface area (Å²) in [7, 11) is 1.39. The minimum absolute atomic E-state index is 0.0662. The van der Waals surface area contributed by atoms with E-state index in [0.29, 0.717) is 31.6 Å². The maximum Gasteiger partial charge on any atom is 0.310 e. The first-order valence-corrected chi connectivity index (χ1v) is 12.3. The van der Waals surface area contributed by atoms with Gasteiger partial charge >= 0.3 is 5.97 Å². The van der Waals surface area contributed by atoms with E-state index in [-0.39, 0.29) is 35.3 Å². The van der Waals surface area contributed by atoms with E-state index in [0.717, 1.165) is 12.0 Å². The molecule has 2 fully saturated rings. The van der Waals surface area contributed by atoms with E-state index < -0.39 is 17.9 Å². The van der Waals surface area contributed by atoms with E-state index in [2.05, 4.69) is 31.4 Å². The molecule has 2 aliphatic rings. The Kier molecular flexibility index (Phi) is 7.31. The average molecular weight is 482 g/mol. The van der Waals surface area contributed by atoms with Crippen molar-refractivity contribution in [1.29, 1.82) is 0 Å². The number of carbonyl (C=O) groups is 3. The number of esters is 1. The van der Waals surface area contributed by atoms with Crippen molar-refractivity contribution >= 4 is 17.8 Å². The number of benzene rings is 1. The molecule has 8 heteroatoms. The van der Waals surface area contributed by atoms with Gasteiger partial charge in [0, 0.05) is 29.7 Å². The summed E-state index contributed by atoms with van der Waals surface area (Å²) in [5.74, 6) is -0.512. The topological polar surface area (TPSA) is 101 Å². The van der Waals surface area contributed by atoms with E-state index in [1.54, 1.807) is 17.0 Å². The molecule has 2 N–H and O–H groups in total. The Morgan fingerprint density at radius 2 is 1.80 bits per heavy atom. The summed E-state index contributed by atoms with van der Waals surface area (Å²) >= 11 is 0. The second-order valence-corrected chi connectivity index (χ2v) is 10.5. The van der Waals surface area contributed by atoms with E-state index in [9.17, 15) is 14.4 Å². The highest BCUT2D eigenvalue weighted by Crippen LogP contribution is 2.33. The summed E-state index contributed by atoms with van der Waals surface area (Å²) in [6.07, 6.45) is 2.68. The van der Waals surface area contributed by atoms with Crippen LogP contribution in [0.25, 0.3) is 11.3 Å². The Bertz CT molecular complexity index is 1060. The Morgan fingerprint density at radius 1 is 1.06 bits per heavy atom. The summed E-state index contributed by atoms with van der Waals surface area (Å²) < 4.78 is 10.8. The molecule has 35 heavy (non-hydrogen) atoms. The van der Waals surface area contributed by atoms with Crippen molar-refractivity contribution in [2.75, 3.05) is 13.7 Å². The van der Waals surface area contributed by atoms with Gasteiger partial charge in [0.25, 0.3) is 5.91 Å². The predicted molar refractivity (Wildman–Crippen MR) is 132 cm³/mol. The van der Waals surface area contributed by atoms with Gasteiger partial charge in [0.05, 0.1) is 13.0 Å². The zero-order valence-corrected chi connectivity index (χ0v) is 20.9. The van der Waals surface area contributed by atoms with Gasteiger partial charge in [-0.25, -0.2) is 0 Å². The standard InChI is InChI=1S/C27H35N3O5/c1-27(2,3)29-18-10-11-21(19(16-18)26(33)34-4)30-15-14-20(25(30)32)28-24(31)23-13-12-22(35-23)17-8-6-5-7-9-17/h5-9,12-13,18-21,29H,10-11,14-16H2,1-4H3,(H,28,31)/t18-,19-,20+,21+/m1/s1. The highest BCUT2D eigenvalue weighted by atomic mass is 16.5. The van der Waals surface area contributed by atoms with Crippen LogP contribution in [0.15, 0.2) is 46.9 Å².